The molecule has 0 aromatic heterocycles. The zero-order valence-corrected chi connectivity index (χ0v) is 18.4. The molecule has 1 fully saturated rings. The molecule has 1 heterocycles. The minimum atomic E-state index is -3.71. The van der Waals surface area contributed by atoms with Gasteiger partial charge in [-0.05, 0) is 55.2 Å². The molecule has 0 bridgehead atoms. The van der Waals surface area contributed by atoms with Crippen molar-refractivity contribution in [2.24, 2.45) is 0 Å². The average molecular weight is 446 g/mol. The molecule has 3 rings (SSSR count). The molecular weight excluding hydrogens is 418 g/mol. The van der Waals surface area contributed by atoms with Gasteiger partial charge < -0.3 is 15.4 Å². The Morgan fingerprint density at radius 3 is 2.42 bits per heavy atom. The average Bonchev–Trinajstić information content (AvgIpc) is 3.26. The Balaban J connectivity index is 1.56. The maximum atomic E-state index is 13.0. The van der Waals surface area contributed by atoms with Crippen molar-refractivity contribution < 1.29 is 22.7 Å². The second kappa shape index (κ2) is 9.93. The fourth-order valence-corrected chi connectivity index (χ4v) is 5.26. The number of methoxy groups -OCH3 is 1. The molecule has 0 aliphatic carbocycles. The van der Waals surface area contributed by atoms with E-state index in [-0.39, 0.29) is 18.0 Å². The highest BCUT2D eigenvalue weighted by molar-refractivity contribution is 7.89. The number of aryl methyl sites for hydroxylation is 1. The standard InChI is InChI=1S/C22H27N3O5S/c1-16-6-3-4-7-17(16)14-23-21(26)22(27)24-15-18-8-5-13-25(18)31(28,29)20-11-9-19(30-2)10-12-20/h3-4,6-7,9-12,18H,5,8,13-15H2,1-2H3,(H,23,26)(H,24,27)/t18-/m0/s1. The van der Waals surface area contributed by atoms with Crippen LogP contribution in [-0.4, -0.2) is 50.8 Å². The largest absolute Gasteiger partial charge is 0.497 e. The summed E-state index contributed by atoms with van der Waals surface area (Å²) in [7, 11) is -2.19. The van der Waals surface area contributed by atoms with Gasteiger partial charge >= 0.3 is 11.8 Å². The number of carbonyl (C=O) groups excluding carboxylic acids is 2. The number of nitrogens with one attached hydrogen (secondary N) is 2. The van der Waals surface area contributed by atoms with E-state index >= 15 is 0 Å². The summed E-state index contributed by atoms with van der Waals surface area (Å²) < 4.78 is 32.5. The lowest BCUT2D eigenvalue weighted by molar-refractivity contribution is -0.139. The third kappa shape index (κ3) is 5.42. The number of rotatable bonds is 7. The van der Waals surface area contributed by atoms with Crippen LogP contribution < -0.4 is 15.4 Å². The maximum absolute atomic E-state index is 13.0. The number of sulfonamides is 1. The SMILES string of the molecule is COc1ccc(S(=O)(=O)N2CCC[C@H]2CNC(=O)C(=O)NCc2ccccc2C)cc1. The normalized spacial score (nSPS) is 16.6. The molecule has 8 nitrogen and oxygen atoms in total. The Labute approximate surface area is 182 Å². The zero-order chi connectivity index (χ0) is 22.4. The molecule has 166 valence electrons. The molecule has 31 heavy (non-hydrogen) atoms. The highest BCUT2D eigenvalue weighted by Gasteiger charge is 2.35. The molecule has 1 atom stereocenters. The summed E-state index contributed by atoms with van der Waals surface area (Å²) in [5, 5.41) is 5.17. The quantitative estimate of drug-likeness (QED) is 0.630. The number of hydrogen-bond donors (Lipinski definition) is 2. The van der Waals surface area contributed by atoms with Gasteiger partial charge in [-0.3, -0.25) is 9.59 Å². The van der Waals surface area contributed by atoms with Crippen molar-refractivity contribution in [2.45, 2.75) is 37.2 Å². The minimum absolute atomic E-state index is 0.0754. The van der Waals surface area contributed by atoms with Crippen molar-refractivity contribution in [3.05, 3.63) is 59.7 Å². The van der Waals surface area contributed by atoms with Crippen molar-refractivity contribution in [2.75, 3.05) is 20.2 Å². The highest BCUT2D eigenvalue weighted by atomic mass is 32.2. The Bertz CT molecular complexity index is 1040. The Morgan fingerprint density at radius 1 is 1.06 bits per heavy atom. The van der Waals surface area contributed by atoms with Gasteiger partial charge in [0.05, 0.1) is 12.0 Å². The van der Waals surface area contributed by atoms with Crippen LogP contribution in [0.4, 0.5) is 0 Å². The monoisotopic (exact) mass is 445 g/mol. The van der Waals surface area contributed by atoms with Crippen LogP contribution in [0, 0.1) is 6.92 Å². The first-order valence-electron chi connectivity index (χ1n) is 10.1. The summed E-state index contributed by atoms with van der Waals surface area (Å²) in [6.45, 7) is 2.63. The third-order valence-electron chi connectivity index (χ3n) is 5.39. The maximum Gasteiger partial charge on any atom is 0.309 e. The van der Waals surface area contributed by atoms with Crippen LogP contribution >= 0.6 is 0 Å². The third-order valence-corrected chi connectivity index (χ3v) is 7.36. The highest BCUT2D eigenvalue weighted by Crippen LogP contribution is 2.26. The van der Waals surface area contributed by atoms with Crippen LogP contribution in [0.2, 0.25) is 0 Å². The van der Waals surface area contributed by atoms with Gasteiger partial charge in [0.25, 0.3) is 0 Å². The van der Waals surface area contributed by atoms with Crippen molar-refractivity contribution in [1.82, 2.24) is 14.9 Å². The number of ether oxygens (including phenoxy) is 1. The summed E-state index contributed by atoms with van der Waals surface area (Å²) in [6.07, 6.45) is 1.30. The molecule has 2 amide bonds. The first-order chi connectivity index (χ1) is 14.8. The molecular formula is C22H27N3O5S. The number of nitrogens with zero attached hydrogens (tertiary/aromatic N) is 1. The van der Waals surface area contributed by atoms with Crippen LogP contribution in [0.1, 0.15) is 24.0 Å². The van der Waals surface area contributed by atoms with E-state index in [9.17, 15) is 18.0 Å². The summed E-state index contributed by atoms with van der Waals surface area (Å²) in [5.41, 5.74) is 1.95. The van der Waals surface area contributed by atoms with E-state index in [2.05, 4.69) is 10.6 Å². The van der Waals surface area contributed by atoms with Gasteiger partial charge in [-0.2, -0.15) is 4.31 Å². The van der Waals surface area contributed by atoms with Crippen LogP contribution in [0.15, 0.2) is 53.4 Å². The van der Waals surface area contributed by atoms with Gasteiger partial charge in [-0.15, -0.1) is 0 Å². The van der Waals surface area contributed by atoms with E-state index in [1.165, 1.54) is 23.5 Å². The van der Waals surface area contributed by atoms with Gasteiger partial charge in [-0.1, -0.05) is 24.3 Å². The second-order valence-electron chi connectivity index (χ2n) is 7.41. The summed E-state index contributed by atoms with van der Waals surface area (Å²) in [6, 6.07) is 13.4. The first kappa shape index (κ1) is 22.8. The molecule has 1 saturated heterocycles. The van der Waals surface area contributed by atoms with E-state index in [4.69, 9.17) is 4.74 Å². The van der Waals surface area contributed by atoms with E-state index in [1.807, 2.05) is 31.2 Å². The number of amides is 2. The molecule has 2 aromatic rings. The van der Waals surface area contributed by atoms with Gasteiger partial charge in [0.1, 0.15) is 5.75 Å². The van der Waals surface area contributed by atoms with Crippen LogP contribution in [-0.2, 0) is 26.2 Å². The molecule has 1 aliphatic heterocycles. The van der Waals surface area contributed by atoms with Crippen LogP contribution in [0.5, 0.6) is 5.75 Å². The zero-order valence-electron chi connectivity index (χ0n) is 17.6. The van der Waals surface area contributed by atoms with Crippen molar-refractivity contribution in [1.29, 1.82) is 0 Å². The molecule has 0 unspecified atom stereocenters. The Hall–Kier alpha value is -2.91. The smallest absolute Gasteiger partial charge is 0.309 e. The lowest BCUT2D eigenvalue weighted by Crippen LogP contribution is -2.46. The van der Waals surface area contributed by atoms with Gasteiger partial charge in [-0.25, -0.2) is 8.42 Å². The predicted molar refractivity (Wildman–Crippen MR) is 116 cm³/mol. The first-order valence-corrected chi connectivity index (χ1v) is 11.5. The number of carbonyl (C=O) groups is 2. The molecule has 2 N–H and O–H groups in total. The van der Waals surface area contributed by atoms with Gasteiger partial charge in [0, 0.05) is 25.7 Å². The topological polar surface area (TPSA) is 105 Å². The van der Waals surface area contributed by atoms with E-state index < -0.39 is 27.9 Å². The molecule has 9 heteroatoms. The minimum Gasteiger partial charge on any atom is -0.497 e. The van der Waals surface area contributed by atoms with Gasteiger partial charge in [0.2, 0.25) is 10.0 Å². The summed E-state index contributed by atoms with van der Waals surface area (Å²) >= 11 is 0. The second-order valence-corrected chi connectivity index (χ2v) is 9.30. The fourth-order valence-electron chi connectivity index (χ4n) is 3.57. The van der Waals surface area contributed by atoms with Crippen molar-refractivity contribution in [3.8, 4) is 5.75 Å². The number of hydrogen-bond acceptors (Lipinski definition) is 5. The van der Waals surface area contributed by atoms with E-state index in [1.54, 1.807) is 12.1 Å². The van der Waals surface area contributed by atoms with E-state index in [0.29, 0.717) is 25.1 Å². The lowest BCUT2D eigenvalue weighted by atomic mass is 10.1. The Morgan fingerprint density at radius 2 is 1.74 bits per heavy atom. The molecule has 2 aromatic carbocycles. The van der Waals surface area contributed by atoms with Gasteiger partial charge in [0.15, 0.2) is 0 Å². The van der Waals surface area contributed by atoms with Crippen molar-refractivity contribution >= 4 is 21.8 Å². The van der Waals surface area contributed by atoms with Crippen molar-refractivity contribution in [3.63, 3.8) is 0 Å². The summed E-state index contributed by atoms with van der Waals surface area (Å²) in [5.74, 6) is -0.950. The molecule has 0 saturated carbocycles. The summed E-state index contributed by atoms with van der Waals surface area (Å²) in [4.78, 5) is 24.5. The van der Waals surface area contributed by atoms with E-state index in [0.717, 1.165) is 11.1 Å². The molecule has 0 radical (unpaired) electrons. The fraction of sp³-hybridized carbons (Fsp3) is 0.364. The number of benzene rings is 2. The predicted octanol–water partition coefficient (Wildman–Crippen LogP) is 1.59. The molecule has 0 spiro atoms. The van der Waals surface area contributed by atoms with Crippen LogP contribution in [0.25, 0.3) is 0 Å². The molecule has 1 aliphatic rings. The lowest BCUT2D eigenvalue weighted by Gasteiger charge is -2.24. The van der Waals surface area contributed by atoms with Crippen LogP contribution in [0.3, 0.4) is 0 Å². The Kier molecular flexibility index (Phi) is 7.29.